The summed E-state index contributed by atoms with van der Waals surface area (Å²) in [6, 6.07) is 0. The highest BCUT2D eigenvalue weighted by molar-refractivity contribution is 4.44. The van der Waals surface area contributed by atoms with Crippen molar-refractivity contribution < 1.29 is 23.7 Å². The second-order valence-corrected chi connectivity index (χ2v) is 3.81. The van der Waals surface area contributed by atoms with Gasteiger partial charge in [-0.25, -0.2) is 0 Å². The van der Waals surface area contributed by atoms with Crippen LogP contribution < -0.4 is 5.73 Å². The van der Waals surface area contributed by atoms with E-state index in [0.717, 1.165) is 0 Å². The Morgan fingerprint density at radius 3 is 1.43 bits per heavy atom. The first-order chi connectivity index (χ1) is 10.4. The number of hydrogen-bond acceptors (Lipinski definition) is 7. The molecule has 0 aromatic carbocycles. The van der Waals surface area contributed by atoms with Crippen molar-refractivity contribution in [2.75, 3.05) is 79.2 Å². The van der Waals surface area contributed by atoms with Crippen molar-refractivity contribution >= 4 is 0 Å². The van der Waals surface area contributed by atoms with Crippen molar-refractivity contribution in [1.29, 1.82) is 0 Å². The maximum atomic E-state index is 8.04. The van der Waals surface area contributed by atoms with E-state index in [1.54, 1.807) is 0 Å². The molecule has 0 aliphatic rings. The lowest BCUT2D eigenvalue weighted by Crippen LogP contribution is -2.15. The fourth-order valence-electron chi connectivity index (χ4n) is 1.22. The van der Waals surface area contributed by atoms with Crippen LogP contribution in [-0.4, -0.2) is 79.2 Å². The van der Waals surface area contributed by atoms with Crippen molar-refractivity contribution in [2.45, 2.75) is 0 Å². The molecule has 2 N–H and O–H groups in total. The van der Waals surface area contributed by atoms with Gasteiger partial charge < -0.3 is 29.4 Å². The van der Waals surface area contributed by atoms with E-state index >= 15 is 0 Å². The topological polar surface area (TPSA) is 121 Å². The van der Waals surface area contributed by atoms with E-state index < -0.39 is 0 Å². The predicted octanol–water partition coefficient (Wildman–Crippen LogP) is 0.338. The van der Waals surface area contributed by atoms with E-state index in [2.05, 4.69) is 10.0 Å². The molecule has 0 aromatic heterocycles. The number of azide groups is 1. The van der Waals surface area contributed by atoms with Crippen LogP contribution in [0.4, 0.5) is 0 Å². The molecule has 9 heteroatoms. The van der Waals surface area contributed by atoms with Gasteiger partial charge in [0.1, 0.15) is 0 Å². The van der Waals surface area contributed by atoms with E-state index in [1.165, 1.54) is 0 Å². The lowest BCUT2D eigenvalue weighted by molar-refractivity contribution is -0.00998. The summed E-state index contributed by atoms with van der Waals surface area (Å²) in [5.41, 5.74) is 13.3. The second kappa shape index (κ2) is 19.1. The molecule has 124 valence electrons. The van der Waals surface area contributed by atoms with Gasteiger partial charge in [0.25, 0.3) is 0 Å². The van der Waals surface area contributed by atoms with Gasteiger partial charge in [-0.1, -0.05) is 5.11 Å². The van der Waals surface area contributed by atoms with Crippen molar-refractivity contribution in [2.24, 2.45) is 10.8 Å². The minimum atomic E-state index is 0.344. The molecular formula is C12H26N4O5. The Hall–Kier alpha value is -0.930. The summed E-state index contributed by atoms with van der Waals surface area (Å²) in [5.74, 6) is 0. The van der Waals surface area contributed by atoms with Crippen LogP contribution in [0.5, 0.6) is 0 Å². The first-order valence-corrected chi connectivity index (χ1v) is 7.01. The Balaban J connectivity index is 2.94. The highest BCUT2D eigenvalue weighted by Crippen LogP contribution is 1.84. The standard InChI is InChI=1S/C12H26N4O5/c13-1-3-17-5-7-19-9-11-21-12-10-20-8-6-18-4-2-15-16-14/h1-13H2. The van der Waals surface area contributed by atoms with Crippen LogP contribution in [-0.2, 0) is 23.7 Å². The van der Waals surface area contributed by atoms with Crippen LogP contribution in [0.3, 0.4) is 0 Å². The largest absolute Gasteiger partial charge is 0.379 e. The zero-order valence-electron chi connectivity index (χ0n) is 12.4. The molecule has 0 aliphatic heterocycles. The van der Waals surface area contributed by atoms with E-state index in [9.17, 15) is 0 Å². The average Bonchev–Trinajstić information content (AvgIpc) is 2.50. The van der Waals surface area contributed by atoms with Crippen molar-refractivity contribution in [3.8, 4) is 0 Å². The average molecular weight is 306 g/mol. The number of ether oxygens (including phenoxy) is 5. The number of nitrogens with two attached hydrogens (primary N) is 1. The quantitative estimate of drug-likeness (QED) is 0.179. The Kier molecular flexibility index (Phi) is 18.2. The Morgan fingerprint density at radius 2 is 1.05 bits per heavy atom. The Morgan fingerprint density at radius 1 is 0.667 bits per heavy atom. The normalized spacial score (nSPS) is 10.5. The van der Waals surface area contributed by atoms with Crippen LogP contribution in [0.25, 0.3) is 10.4 Å². The molecule has 0 aliphatic carbocycles. The summed E-state index contributed by atoms with van der Waals surface area (Å²) >= 11 is 0. The molecule has 0 rings (SSSR count). The van der Waals surface area contributed by atoms with Crippen LogP contribution in [0.15, 0.2) is 5.11 Å². The summed E-state index contributed by atoms with van der Waals surface area (Å²) in [6.45, 7) is 6.03. The molecule has 0 heterocycles. The van der Waals surface area contributed by atoms with Gasteiger partial charge in [-0.3, -0.25) is 0 Å². The predicted molar refractivity (Wildman–Crippen MR) is 77.2 cm³/mol. The third-order valence-corrected chi connectivity index (χ3v) is 2.15. The highest BCUT2D eigenvalue weighted by Gasteiger charge is 1.93. The first kappa shape index (κ1) is 20.1. The van der Waals surface area contributed by atoms with Crippen LogP contribution in [0, 0.1) is 0 Å². The van der Waals surface area contributed by atoms with Gasteiger partial charge in [-0.15, -0.1) is 0 Å². The summed E-state index contributed by atoms with van der Waals surface area (Å²) < 4.78 is 26.2. The Labute approximate surface area is 125 Å². The third-order valence-electron chi connectivity index (χ3n) is 2.15. The second-order valence-electron chi connectivity index (χ2n) is 3.81. The van der Waals surface area contributed by atoms with Crippen molar-refractivity contribution in [1.82, 2.24) is 0 Å². The van der Waals surface area contributed by atoms with E-state index in [-0.39, 0.29) is 0 Å². The summed E-state index contributed by atoms with van der Waals surface area (Å²) in [4.78, 5) is 2.62. The zero-order valence-corrected chi connectivity index (χ0v) is 12.4. The molecule has 0 atom stereocenters. The van der Waals surface area contributed by atoms with Crippen molar-refractivity contribution in [3.05, 3.63) is 10.4 Å². The van der Waals surface area contributed by atoms with Crippen LogP contribution in [0.2, 0.25) is 0 Å². The molecule has 21 heavy (non-hydrogen) atoms. The van der Waals surface area contributed by atoms with Gasteiger partial charge in [0.15, 0.2) is 0 Å². The minimum Gasteiger partial charge on any atom is -0.379 e. The van der Waals surface area contributed by atoms with Gasteiger partial charge in [0, 0.05) is 18.0 Å². The summed E-state index contributed by atoms with van der Waals surface area (Å²) in [5, 5.41) is 3.34. The number of hydrogen-bond donors (Lipinski definition) is 1. The fourth-order valence-corrected chi connectivity index (χ4v) is 1.22. The molecule has 9 nitrogen and oxygen atoms in total. The molecule has 0 unspecified atom stereocenters. The minimum absolute atomic E-state index is 0.344. The van der Waals surface area contributed by atoms with E-state index in [4.69, 9.17) is 34.9 Å². The van der Waals surface area contributed by atoms with E-state index in [0.29, 0.717) is 79.2 Å². The zero-order chi connectivity index (χ0) is 15.4. The van der Waals surface area contributed by atoms with Gasteiger partial charge in [0.2, 0.25) is 0 Å². The van der Waals surface area contributed by atoms with Gasteiger partial charge in [-0.2, -0.15) is 0 Å². The molecule has 0 saturated carbocycles. The molecule has 0 amide bonds. The van der Waals surface area contributed by atoms with Crippen molar-refractivity contribution in [3.63, 3.8) is 0 Å². The Bertz CT molecular complexity index is 252. The SMILES string of the molecule is [N-]=[N+]=NCCOCCOCCOCCOCCOCCN. The van der Waals surface area contributed by atoms with Crippen LogP contribution >= 0.6 is 0 Å². The maximum absolute atomic E-state index is 8.04. The monoisotopic (exact) mass is 306 g/mol. The lowest BCUT2D eigenvalue weighted by Gasteiger charge is -2.07. The molecule has 0 aromatic rings. The summed E-state index contributed by atoms with van der Waals surface area (Å²) in [7, 11) is 0. The first-order valence-electron chi connectivity index (χ1n) is 7.01. The van der Waals surface area contributed by atoms with E-state index in [1.807, 2.05) is 0 Å². The van der Waals surface area contributed by atoms with Gasteiger partial charge in [-0.05, 0) is 5.53 Å². The summed E-state index contributed by atoms with van der Waals surface area (Å²) in [6.07, 6.45) is 0. The maximum Gasteiger partial charge on any atom is 0.0701 e. The molecule has 0 spiro atoms. The number of nitrogens with zero attached hydrogens (tertiary/aromatic N) is 3. The van der Waals surface area contributed by atoms with Gasteiger partial charge >= 0.3 is 0 Å². The molecule has 0 saturated heterocycles. The molecule has 0 radical (unpaired) electrons. The molecule has 0 bridgehead atoms. The smallest absolute Gasteiger partial charge is 0.0701 e. The van der Waals surface area contributed by atoms with Gasteiger partial charge in [0.05, 0.1) is 66.1 Å². The number of rotatable bonds is 17. The lowest BCUT2D eigenvalue weighted by atomic mass is 10.6. The molecule has 0 fully saturated rings. The van der Waals surface area contributed by atoms with Crippen LogP contribution in [0.1, 0.15) is 0 Å². The highest BCUT2D eigenvalue weighted by atomic mass is 16.6. The molecular weight excluding hydrogens is 280 g/mol. The fraction of sp³-hybridized carbons (Fsp3) is 1.00. The third kappa shape index (κ3) is 19.1.